The molecule has 0 aliphatic rings. The Hall–Kier alpha value is -8.01. The highest BCUT2D eigenvalue weighted by Crippen LogP contribution is 2.36. The van der Waals surface area contributed by atoms with Gasteiger partial charge in [0.05, 0.1) is 15.8 Å². The zero-order valence-corrected chi connectivity index (χ0v) is 34.7. The molecule has 318 valence electrons. The van der Waals surface area contributed by atoms with Crippen molar-refractivity contribution in [2.24, 2.45) is 32.6 Å². The number of aromatic nitrogens is 6. The summed E-state index contributed by atoms with van der Waals surface area (Å²) in [6, 6.07) is 27.7. The number of aryl methyl sites for hydroxylation is 3. The fourth-order valence-electron chi connectivity index (χ4n) is 7.59. The van der Waals surface area contributed by atoms with Gasteiger partial charge in [-0.05, 0) is 111 Å². The predicted octanol–water partition coefficient (Wildman–Crippen LogP) is 7.54. The molecule has 6 heterocycles. The van der Waals surface area contributed by atoms with E-state index in [0.29, 0.717) is 28.5 Å². The molecular formula is C48H45N9O6. The Morgan fingerprint density at radius 1 is 0.587 bits per heavy atom. The van der Waals surface area contributed by atoms with Gasteiger partial charge in [-0.2, -0.15) is 0 Å². The predicted molar refractivity (Wildman–Crippen MR) is 244 cm³/mol. The number of carboxylic acid groups (broad SMARTS) is 2. The van der Waals surface area contributed by atoms with Gasteiger partial charge in [0.2, 0.25) is 0 Å². The number of nitro benzene ring substituents is 1. The van der Waals surface area contributed by atoms with Crippen LogP contribution in [0.3, 0.4) is 0 Å². The van der Waals surface area contributed by atoms with Gasteiger partial charge >= 0.3 is 11.9 Å². The number of nitrogens with two attached hydrogens (primary N) is 2. The smallest absolute Gasteiger partial charge is 0.320 e. The number of benzene rings is 3. The van der Waals surface area contributed by atoms with Crippen LogP contribution in [0.1, 0.15) is 11.1 Å². The Balaban J connectivity index is 0.000000145. The Morgan fingerprint density at radius 2 is 1.05 bits per heavy atom. The molecule has 63 heavy (non-hydrogen) atoms. The van der Waals surface area contributed by atoms with Crippen molar-refractivity contribution in [2.75, 3.05) is 0 Å². The number of non-ortho nitro benzene ring substituents is 1. The second-order valence-electron chi connectivity index (χ2n) is 15.1. The number of nitro groups is 1. The largest absolute Gasteiger partial charge is 0.480 e. The van der Waals surface area contributed by atoms with Crippen LogP contribution >= 0.6 is 0 Å². The van der Waals surface area contributed by atoms with Crippen LogP contribution in [-0.2, 0) is 43.6 Å². The van der Waals surface area contributed by atoms with Gasteiger partial charge in [0.1, 0.15) is 12.1 Å². The molecule has 15 nitrogen and oxygen atoms in total. The summed E-state index contributed by atoms with van der Waals surface area (Å²) in [7, 11) is 5.78. The monoisotopic (exact) mass is 843 g/mol. The maximum Gasteiger partial charge on any atom is 0.320 e. The number of carboxylic acids is 2. The van der Waals surface area contributed by atoms with E-state index in [4.69, 9.17) is 21.7 Å². The Labute approximate surface area is 361 Å². The fourth-order valence-corrected chi connectivity index (χ4v) is 7.59. The molecule has 15 heteroatoms. The highest BCUT2D eigenvalue weighted by atomic mass is 16.6. The van der Waals surface area contributed by atoms with Gasteiger partial charge in [0, 0.05) is 112 Å². The molecule has 0 bridgehead atoms. The van der Waals surface area contributed by atoms with E-state index < -0.39 is 28.9 Å². The van der Waals surface area contributed by atoms with Crippen molar-refractivity contribution in [1.82, 2.24) is 28.7 Å². The van der Waals surface area contributed by atoms with Gasteiger partial charge in [-0.3, -0.25) is 34.7 Å². The lowest BCUT2D eigenvalue weighted by molar-refractivity contribution is -0.383. The van der Waals surface area contributed by atoms with E-state index in [2.05, 4.69) is 63.1 Å². The summed E-state index contributed by atoms with van der Waals surface area (Å²) >= 11 is 0. The molecule has 3 aromatic carbocycles. The number of nitrogens with zero attached hydrogens (tertiary/aromatic N) is 7. The van der Waals surface area contributed by atoms with Crippen LogP contribution in [0.2, 0.25) is 0 Å². The van der Waals surface area contributed by atoms with E-state index in [0.717, 1.165) is 33.2 Å². The van der Waals surface area contributed by atoms with E-state index in [-0.39, 0.29) is 12.1 Å². The third kappa shape index (κ3) is 9.65. The minimum absolute atomic E-state index is 0.0160. The lowest BCUT2D eigenvalue weighted by atomic mass is 10.00. The normalized spacial score (nSPS) is 12.0. The van der Waals surface area contributed by atoms with Crippen molar-refractivity contribution in [1.29, 1.82) is 0 Å². The van der Waals surface area contributed by atoms with E-state index in [1.54, 1.807) is 54.7 Å². The first-order chi connectivity index (χ1) is 30.3. The van der Waals surface area contributed by atoms with E-state index in [9.17, 15) is 19.7 Å². The highest BCUT2D eigenvalue weighted by molar-refractivity contribution is 5.97. The molecule has 0 spiro atoms. The van der Waals surface area contributed by atoms with Gasteiger partial charge < -0.3 is 35.4 Å². The molecule has 2 atom stereocenters. The highest BCUT2D eigenvalue weighted by Gasteiger charge is 2.24. The van der Waals surface area contributed by atoms with E-state index in [1.807, 2.05) is 72.7 Å². The summed E-state index contributed by atoms with van der Waals surface area (Å²) in [5.74, 6) is -2.13. The molecule has 9 rings (SSSR count). The van der Waals surface area contributed by atoms with Crippen molar-refractivity contribution in [3.8, 4) is 33.4 Å². The molecule has 2 unspecified atom stereocenters. The Bertz CT molecular complexity index is 3070. The summed E-state index contributed by atoms with van der Waals surface area (Å²) in [5, 5.41) is 32.4. The van der Waals surface area contributed by atoms with Crippen molar-refractivity contribution in [2.45, 2.75) is 24.9 Å². The summed E-state index contributed by atoms with van der Waals surface area (Å²) in [6.45, 7) is 0. The number of pyridine rings is 3. The SMILES string of the molecule is Cn1cc(CC(N)C(=O)O)c2c([N+](=O)[O-])cc(-c3ccncc3)cc21.Cn1cc(CC(N)C(=O)O)c2ccc(-c3ccncc3)cc21.Cn1ccc2ccc(-c3ccncc3)cc21. The molecule has 6 N–H and O–H groups in total. The maximum atomic E-state index is 11.6. The van der Waals surface area contributed by atoms with Crippen molar-refractivity contribution < 1.29 is 24.7 Å². The Morgan fingerprint density at radius 3 is 1.59 bits per heavy atom. The zero-order chi connectivity index (χ0) is 44.8. The molecule has 0 fully saturated rings. The molecular weight excluding hydrogens is 799 g/mol. The molecule has 0 radical (unpaired) electrons. The van der Waals surface area contributed by atoms with Crippen LogP contribution < -0.4 is 11.5 Å². The topological polar surface area (TPSA) is 223 Å². The average molecular weight is 844 g/mol. The fraction of sp³-hybridized carbons (Fsp3) is 0.146. The molecule has 0 amide bonds. The number of fused-ring (bicyclic) bond motifs is 3. The number of hydrogen-bond donors (Lipinski definition) is 4. The van der Waals surface area contributed by atoms with E-state index in [1.165, 1.54) is 28.1 Å². The van der Waals surface area contributed by atoms with Gasteiger partial charge in [0.25, 0.3) is 5.69 Å². The van der Waals surface area contributed by atoms with Crippen LogP contribution in [0.4, 0.5) is 5.69 Å². The molecule has 0 aliphatic heterocycles. The second kappa shape index (κ2) is 18.7. The Kier molecular flexibility index (Phi) is 12.8. The number of rotatable bonds is 10. The minimum atomic E-state index is -1.15. The van der Waals surface area contributed by atoms with Crippen LogP contribution in [0.25, 0.3) is 66.1 Å². The van der Waals surface area contributed by atoms with Gasteiger partial charge in [-0.1, -0.05) is 24.3 Å². The van der Waals surface area contributed by atoms with Gasteiger partial charge in [-0.15, -0.1) is 0 Å². The molecule has 0 aliphatic carbocycles. The number of hydrogen-bond acceptors (Lipinski definition) is 9. The summed E-state index contributed by atoms with van der Waals surface area (Å²) < 4.78 is 5.89. The zero-order valence-electron chi connectivity index (χ0n) is 34.7. The molecule has 9 aromatic rings. The molecule has 6 aromatic heterocycles. The van der Waals surface area contributed by atoms with E-state index >= 15 is 0 Å². The van der Waals surface area contributed by atoms with Crippen molar-refractivity contribution in [3.05, 3.63) is 168 Å². The molecule has 0 saturated carbocycles. The summed E-state index contributed by atoms with van der Waals surface area (Å²) in [6.07, 6.45) is 16.5. The van der Waals surface area contributed by atoms with Crippen LogP contribution in [0, 0.1) is 10.1 Å². The quantitative estimate of drug-likeness (QED) is 0.0778. The standard InChI is InChI=1S/C17H16N4O4.C17H17N3O2.C14H12N2/c1-20-9-12(6-13(18)17(22)23)16-14(20)7-11(8-15(16)21(24)25)10-2-4-19-5-3-10;1-20-10-13(8-15(18)17(21)22)14-3-2-12(9-16(14)20)11-4-6-19-7-5-11;1-16-9-6-12-2-3-13(10-14(12)16)11-4-7-15-8-5-11/h2-5,7-9,13H,6,18H2,1H3,(H,22,23);2-7,9-10,15H,8,18H2,1H3,(H,21,22);2-10H,1H3. The van der Waals surface area contributed by atoms with Crippen LogP contribution in [0.5, 0.6) is 0 Å². The van der Waals surface area contributed by atoms with Crippen molar-refractivity contribution in [3.63, 3.8) is 0 Å². The first-order valence-electron chi connectivity index (χ1n) is 19.9. The molecule has 0 saturated heterocycles. The van der Waals surface area contributed by atoms with Gasteiger partial charge in [0.15, 0.2) is 0 Å². The van der Waals surface area contributed by atoms with Crippen molar-refractivity contribution >= 4 is 50.3 Å². The van der Waals surface area contributed by atoms with Gasteiger partial charge in [-0.25, -0.2) is 0 Å². The second-order valence-corrected chi connectivity index (χ2v) is 15.1. The maximum absolute atomic E-state index is 11.6. The lowest BCUT2D eigenvalue weighted by Gasteiger charge is -2.07. The summed E-state index contributed by atoms with van der Waals surface area (Å²) in [4.78, 5) is 45.2. The third-order valence-corrected chi connectivity index (χ3v) is 10.9. The first kappa shape index (κ1) is 43.1. The average Bonchev–Trinajstić information content (AvgIpc) is 3.94. The van der Waals surface area contributed by atoms with Crippen LogP contribution in [0.15, 0.2) is 147 Å². The minimum Gasteiger partial charge on any atom is -0.480 e. The first-order valence-corrected chi connectivity index (χ1v) is 19.9. The third-order valence-electron chi connectivity index (χ3n) is 10.9. The van der Waals surface area contributed by atoms with Crippen LogP contribution in [-0.4, -0.2) is 67.8 Å². The lowest BCUT2D eigenvalue weighted by Crippen LogP contribution is -2.32. The number of aliphatic carboxylic acids is 2. The number of carbonyl (C=O) groups is 2. The summed E-state index contributed by atoms with van der Waals surface area (Å²) in [5.41, 5.74) is 21.8.